The van der Waals surface area contributed by atoms with Crippen molar-refractivity contribution in [2.75, 3.05) is 18.0 Å². The number of nitrogens with zero attached hydrogens (tertiary/aromatic N) is 1. The fourth-order valence-electron chi connectivity index (χ4n) is 2.20. The summed E-state index contributed by atoms with van der Waals surface area (Å²) in [5, 5.41) is 0. The molecule has 0 aromatic heterocycles. The van der Waals surface area contributed by atoms with Gasteiger partial charge in [0.2, 0.25) is 5.82 Å². The Bertz CT molecular complexity index is 490. The highest BCUT2D eigenvalue weighted by Crippen LogP contribution is 2.32. The average molecular weight is 279 g/mol. The zero-order valence-electron chi connectivity index (χ0n) is 9.73. The van der Waals surface area contributed by atoms with Crippen LogP contribution in [0.4, 0.5) is 27.6 Å². The Morgan fingerprint density at radius 1 is 0.947 bits per heavy atom. The van der Waals surface area contributed by atoms with Gasteiger partial charge in [-0.1, -0.05) is 0 Å². The van der Waals surface area contributed by atoms with E-state index in [4.69, 9.17) is 0 Å². The van der Waals surface area contributed by atoms with Crippen molar-refractivity contribution in [1.29, 1.82) is 0 Å². The minimum Gasteiger partial charge on any atom is -0.366 e. The lowest BCUT2D eigenvalue weighted by Gasteiger charge is -2.32. The van der Waals surface area contributed by atoms with Crippen LogP contribution in [-0.4, -0.2) is 19.4 Å². The smallest absolute Gasteiger partial charge is 0.200 e. The second-order valence-corrected chi connectivity index (χ2v) is 4.40. The van der Waals surface area contributed by atoms with Crippen LogP contribution in [0, 0.1) is 35.0 Å². The summed E-state index contributed by atoms with van der Waals surface area (Å²) in [7, 11) is 0. The summed E-state index contributed by atoms with van der Waals surface area (Å²) in [5.74, 6) is -10.3. The van der Waals surface area contributed by atoms with E-state index in [2.05, 4.69) is 0 Å². The lowest BCUT2D eigenvalue weighted by atomic mass is 9.99. The molecule has 1 saturated heterocycles. The highest BCUT2D eigenvalue weighted by molar-refractivity contribution is 5.58. The van der Waals surface area contributed by atoms with Gasteiger partial charge in [-0.15, -0.1) is 0 Å². The molecule has 1 aromatic carbocycles. The molecule has 1 atom stereocenters. The Labute approximate surface area is 105 Å². The number of anilines is 1. The van der Waals surface area contributed by atoms with Gasteiger partial charge in [-0.05, 0) is 12.8 Å². The van der Waals surface area contributed by atoms with Crippen LogP contribution in [0.1, 0.15) is 12.8 Å². The zero-order chi connectivity index (χ0) is 14.2. The molecule has 7 heteroatoms. The Hall–Kier alpha value is -1.66. The largest absolute Gasteiger partial charge is 0.366 e. The lowest BCUT2D eigenvalue weighted by Crippen LogP contribution is -2.37. The van der Waals surface area contributed by atoms with Gasteiger partial charge in [0.1, 0.15) is 12.0 Å². The second kappa shape index (κ2) is 5.14. The number of benzene rings is 1. The second-order valence-electron chi connectivity index (χ2n) is 4.40. The van der Waals surface area contributed by atoms with E-state index < -0.39 is 40.7 Å². The van der Waals surface area contributed by atoms with E-state index in [1.807, 2.05) is 0 Å². The van der Waals surface area contributed by atoms with Crippen molar-refractivity contribution in [3.05, 3.63) is 29.1 Å². The van der Waals surface area contributed by atoms with Crippen molar-refractivity contribution in [2.24, 2.45) is 5.92 Å². The molecule has 2 rings (SSSR count). The highest BCUT2D eigenvalue weighted by Gasteiger charge is 2.31. The van der Waals surface area contributed by atoms with E-state index in [1.165, 1.54) is 0 Å². The van der Waals surface area contributed by atoms with Gasteiger partial charge in [0, 0.05) is 19.0 Å². The fourth-order valence-corrected chi connectivity index (χ4v) is 2.20. The number of carbonyl (C=O) groups excluding carboxylic acids is 1. The van der Waals surface area contributed by atoms with Gasteiger partial charge in [0.15, 0.2) is 23.3 Å². The molecule has 104 valence electrons. The minimum absolute atomic E-state index is 0.0537. The van der Waals surface area contributed by atoms with Crippen molar-refractivity contribution in [1.82, 2.24) is 0 Å². The van der Waals surface area contributed by atoms with E-state index in [0.29, 0.717) is 19.1 Å². The molecule has 0 bridgehead atoms. The van der Waals surface area contributed by atoms with E-state index in [9.17, 15) is 26.7 Å². The van der Waals surface area contributed by atoms with E-state index >= 15 is 0 Å². The van der Waals surface area contributed by atoms with Crippen LogP contribution in [0.15, 0.2) is 0 Å². The molecule has 1 aromatic rings. The lowest BCUT2D eigenvalue weighted by molar-refractivity contribution is -0.111. The quantitative estimate of drug-likeness (QED) is 0.359. The first-order valence-corrected chi connectivity index (χ1v) is 5.69. The van der Waals surface area contributed by atoms with Crippen LogP contribution in [0.5, 0.6) is 0 Å². The topological polar surface area (TPSA) is 20.3 Å². The number of aldehydes is 1. The minimum atomic E-state index is -2.18. The first kappa shape index (κ1) is 13.8. The van der Waals surface area contributed by atoms with Gasteiger partial charge in [0.25, 0.3) is 0 Å². The molecular weight excluding hydrogens is 269 g/mol. The molecule has 0 amide bonds. The third-order valence-corrected chi connectivity index (χ3v) is 3.15. The van der Waals surface area contributed by atoms with Crippen molar-refractivity contribution in [2.45, 2.75) is 12.8 Å². The summed E-state index contributed by atoms with van der Waals surface area (Å²) in [6.07, 6.45) is 1.61. The van der Waals surface area contributed by atoms with Gasteiger partial charge < -0.3 is 9.69 Å². The summed E-state index contributed by atoms with van der Waals surface area (Å²) >= 11 is 0. The van der Waals surface area contributed by atoms with E-state index in [1.54, 1.807) is 0 Å². The number of piperidine rings is 1. The van der Waals surface area contributed by atoms with Crippen LogP contribution in [0.25, 0.3) is 0 Å². The molecule has 0 aliphatic carbocycles. The van der Waals surface area contributed by atoms with Crippen LogP contribution in [0.3, 0.4) is 0 Å². The first-order chi connectivity index (χ1) is 8.97. The van der Waals surface area contributed by atoms with E-state index in [0.717, 1.165) is 4.90 Å². The van der Waals surface area contributed by atoms with Crippen molar-refractivity contribution in [3.8, 4) is 0 Å². The van der Waals surface area contributed by atoms with Gasteiger partial charge in [-0.25, -0.2) is 22.0 Å². The number of rotatable bonds is 2. The summed E-state index contributed by atoms with van der Waals surface area (Å²) in [6, 6.07) is 0. The molecule has 1 heterocycles. The summed E-state index contributed by atoms with van der Waals surface area (Å²) in [4.78, 5) is 11.7. The van der Waals surface area contributed by atoms with Crippen molar-refractivity contribution >= 4 is 12.0 Å². The summed E-state index contributed by atoms with van der Waals surface area (Å²) in [5.41, 5.74) is -0.956. The number of carbonyl (C=O) groups is 1. The predicted molar refractivity (Wildman–Crippen MR) is 57.2 cm³/mol. The Morgan fingerprint density at radius 3 is 2.00 bits per heavy atom. The van der Waals surface area contributed by atoms with Crippen molar-refractivity contribution in [3.63, 3.8) is 0 Å². The van der Waals surface area contributed by atoms with E-state index in [-0.39, 0.29) is 13.1 Å². The third-order valence-electron chi connectivity index (χ3n) is 3.15. The van der Waals surface area contributed by atoms with Gasteiger partial charge >= 0.3 is 0 Å². The zero-order valence-corrected chi connectivity index (χ0v) is 9.73. The van der Waals surface area contributed by atoms with Gasteiger partial charge in [-0.2, -0.15) is 0 Å². The standard InChI is InChI=1S/C12H10F5NO/c13-7-8(14)10(16)12(11(17)9(7)15)18-3-1-2-6(4-18)5-19/h5-6H,1-4H2. The van der Waals surface area contributed by atoms with Gasteiger partial charge in [-0.3, -0.25) is 0 Å². The Morgan fingerprint density at radius 2 is 1.47 bits per heavy atom. The van der Waals surface area contributed by atoms with Gasteiger partial charge in [0.05, 0.1) is 0 Å². The number of hydrogen-bond acceptors (Lipinski definition) is 2. The number of halogens is 5. The normalized spacial score (nSPS) is 19.6. The molecule has 0 N–H and O–H groups in total. The molecule has 0 radical (unpaired) electrons. The molecular formula is C12H10F5NO. The predicted octanol–water partition coefficient (Wildman–Crippen LogP) is 2.80. The van der Waals surface area contributed by atoms with Crippen molar-refractivity contribution < 1.29 is 26.7 Å². The number of hydrogen-bond donors (Lipinski definition) is 0. The maximum absolute atomic E-state index is 13.6. The molecule has 1 fully saturated rings. The fraction of sp³-hybridized carbons (Fsp3) is 0.417. The maximum atomic E-state index is 13.6. The monoisotopic (exact) mass is 279 g/mol. The van der Waals surface area contributed by atoms with Crippen LogP contribution in [-0.2, 0) is 4.79 Å². The Balaban J connectivity index is 2.47. The summed E-state index contributed by atoms with van der Waals surface area (Å²) in [6.45, 7) is 0.0878. The average Bonchev–Trinajstić information content (AvgIpc) is 2.43. The molecule has 1 aliphatic rings. The molecule has 0 saturated carbocycles. The first-order valence-electron chi connectivity index (χ1n) is 5.69. The third kappa shape index (κ3) is 2.29. The molecule has 0 spiro atoms. The Kier molecular flexibility index (Phi) is 3.73. The molecule has 1 unspecified atom stereocenters. The molecule has 19 heavy (non-hydrogen) atoms. The van der Waals surface area contributed by atoms with Crippen LogP contribution >= 0.6 is 0 Å². The molecule has 2 nitrogen and oxygen atoms in total. The highest BCUT2D eigenvalue weighted by atomic mass is 19.2. The molecule has 1 aliphatic heterocycles. The van der Waals surface area contributed by atoms with Crippen LogP contribution in [0.2, 0.25) is 0 Å². The SMILES string of the molecule is O=CC1CCCN(c2c(F)c(F)c(F)c(F)c2F)C1. The van der Waals surface area contributed by atoms with Crippen LogP contribution < -0.4 is 4.90 Å². The maximum Gasteiger partial charge on any atom is 0.200 e. The summed E-state index contributed by atoms with van der Waals surface area (Å²) < 4.78 is 66.2.